The fraction of sp³-hybridized carbons (Fsp3) is 0.476. The van der Waals surface area contributed by atoms with Gasteiger partial charge in [0, 0.05) is 17.5 Å². The fourth-order valence-electron chi connectivity index (χ4n) is 4.71. The quantitative estimate of drug-likeness (QED) is 0.601. The van der Waals surface area contributed by atoms with E-state index in [2.05, 4.69) is 24.3 Å². The summed E-state index contributed by atoms with van der Waals surface area (Å²) < 4.78 is 1.77. The molecule has 0 N–H and O–H groups in total. The Balaban J connectivity index is 2.00. The molecule has 2 aliphatic rings. The lowest BCUT2D eigenvalue weighted by Crippen LogP contribution is -2.43. The third-order valence-corrected chi connectivity index (χ3v) is 6.70. The second kappa shape index (κ2) is 6.92. The molecule has 2 aliphatic carbocycles. The molecule has 0 radical (unpaired) electrons. The first kappa shape index (κ1) is 17.4. The fourth-order valence-corrected chi connectivity index (χ4v) is 5.42. The van der Waals surface area contributed by atoms with E-state index in [0.29, 0.717) is 17.5 Å². The molecule has 4 rings (SSSR count). The Labute approximate surface area is 158 Å². The third-order valence-electron chi connectivity index (χ3n) is 5.86. The zero-order valence-electron chi connectivity index (χ0n) is 15.1. The summed E-state index contributed by atoms with van der Waals surface area (Å²) in [5.41, 5.74) is 4.23. The summed E-state index contributed by atoms with van der Waals surface area (Å²) in [4.78, 5) is 18.5. The van der Waals surface area contributed by atoms with Crippen molar-refractivity contribution in [1.82, 2.24) is 9.55 Å². The van der Waals surface area contributed by atoms with Gasteiger partial charge in [-0.25, -0.2) is 4.98 Å². The zero-order valence-corrected chi connectivity index (χ0v) is 15.9. The second-order valence-corrected chi connectivity index (χ2v) is 8.23. The Kier molecular flexibility index (Phi) is 4.62. The number of aromatic nitrogens is 2. The van der Waals surface area contributed by atoms with Crippen LogP contribution in [0.5, 0.6) is 0 Å². The molecule has 4 nitrogen and oxygen atoms in total. The molecule has 0 saturated heterocycles. The molecule has 1 heterocycles. The van der Waals surface area contributed by atoms with Gasteiger partial charge in [0.25, 0.3) is 5.56 Å². The molecule has 1 fully saturated rings. The Bertz CT molecular complexity index is 935. The summed E-state index contributed by atoms with van der Waals surface area (Å²) in [5, 5.41) is 9.64. The normalized spacial score (nSPS) is 17.4. The molecule has 0 aliphatic heterocycles. The Hall–Kier alpha value is -2.06. The van der Waals surface area contributed by atoms with Crippen LogP contribution >= 0.6 is 11.8 Å². The maximum absolute atomic E-state index is 13.5. The van der Waals surface area contributed by atoms with Crippen LogP contribution in [0.25, 0.3) is 11.3 Å². The van der Waals surface area contributed by atoms with Crippen LogP contribution in [0, 0.1) is 11.3 Å². The minimum absolute atomic E-state index is 0.0681. The molecule has 1 aromatic heterocycles. The van der Waals surface area contributed by atoms with Gasteiger partial charge < -0.3 is 0 Å². The molecule has 26 heavy (non-hydrogen) atoms. The summed E-state index contributed by atoms with van der Waals surface area (Å²) in [6.07, 6.45) is 6.70. The highest BCUT2D eigenvalue weighted by Crippen LogP contribution is 2.48. The highest BCUT2D eigenvalue weighted by atomic mass is 32.2. The van der Waals surface area contributed by atoms with Crippen LogP contribution in [0.3, 0.4) is 0 Å². The number of thioether (sulfide) groups is 1. The van der Waals surface area contributed by atoms with E-state index >= 15 is 0 Å². The van der Waals surface area contributed by atoms with Gasteiger partial charge >= 0.3 is 0 Å². The van der Waals surface area contributed by atoms with Crippen molar-refractivity contribution >= 4 is 11.8 Å². The number of nitrogens with zero attached hydrogens (tertiary/aromatic N) is 3. The number of hydrogen-bond acceptors (Lipinski definition) is 4. The van der Waals surface area contributed by atoms with E-state index in [1.165, 1.54) is 36.6 Å². The van der Waals surface area contributed by atoms with Gasteiger partial charge in [-0.05, 0) is 31.7 Å². The van der Waals surface area contributed by atoms with E-state index in [1.807, 2.05) is 13.0 Å². The summed E-state index contributed by atoms with van der Waals surface area (Å²) in [6.45, 7) is 2.57. The number of fused-ring (bicyclic) bond motifs is 4. The van der Waals surface area contributed by atoms with Gasteiger partial charge in [0.1, 0.15) is 0 Å². The minimum atomic E-state index is -0.0681. The number of rotatable bonds is 3. The lowest BCUT2D eigenvalue weighted by molar-refractivity contribution is 0.282. The van der Waals surface area contributed by atoms with Crippen molar-refractivity contribution in [3.63, 3.8) is 0 Å². The second-order valence-electron chi connectivity index (χ2n) is 7.29. The van der Waals surface area contributed by atoms with E-state index in [-0.39, 0.29) is 11.0 Å². The van der Waals surface area contributed by atoms with Gasteiger partial charge in [-0.15, -0.1) is 0 Å². The number of nitriles is 1. The van der Waals surface area contributed by atoms with Crippen LogP contribution < -0.4 is 5.56 Å². The molecule has 1 saturated carbocycles. The molecule has 134 valence electrons. The third kappa shape index (κ3) is 2.68. The minimum Gasteiger partial charge on any atom is -0.288 e. The average Bonchev–Trinajstić information content (AvgIpc) is 2.66. The first-order chi connectivity index (χ1) is 12.7. The lowest BCUT2D eigenvalue weighted by atomic mass is 9.62. The van der Waals surface area contributed by atoms with E-state index in [1.54, 1.807) is 4.57 Å². The van der Waals surface area contributed by atoms with Gasteiger partial charge in [-0.2, -0.15) is 5.26 Å². The van der Waals surface area contributed by atoms with Crippen molar-refractivity contribution in [2.75, 3.05) is 5.75 Å². The van der Waals surface area contributed by atoms with Crippen molar-refractivity contribution in [1.29, 1.82) is 5.26 Å². The Morgan fingerprint density at radius 3 is 2.77 bits per heavy atom. The van der Waals surface area contributed by atoms with Crippen LogP contribution in [-0.4, -0.2) is 15.3 Å². The molecular weight excluding hydrogens is 342 g/mol. The van der Waals surface area contributed by atoms with E-state index < -0.39 is 0 Å². The van der Waals surface area contributed by atoms with Gasteiger partial charge in [0.05, 0.1) is 23.1 Å². The van der Waals surface area contributed by atoms with Crippen LogP contribution in [0.15, 0.2) is 34.2 Å². The van der Waals surface area contributed by atoms with Gasteiger partial charge in [-0.1, -0.05) is 55.3 Å². The predicted octanol–water partition coefficient (Wildman–Crippen LogP) is 4.30. The number of hydrogen-bond donors (Lipinski definition) is 0. The summed E-state index contributed by atoms with van der Waals surface area (Å²) in [7, 11) is 0. The maximum Gasteiger partial charge on any atom is 0.258 e. The predicted molar refractivity (Wildman–Crippen MR) is 104 cm³/mol. The highest BCUT2D eigenvalue weighted by Gasteiger charge is 2.43. The van der Waals surface area contributed by atoms with E-state index in [4.69, 9.17) is 10.2 Å². The molecule has 5 heteroatoms. The smallest absolute Gasteiger partial charge is 0.258 e. The molecular formula is C21H23N3OS. The Morgan fingerprint density at radius 1 is 1.27 bits per heavy atom. The summed E-state index contributed by atoms with van der Waals surface area (Å²) >= 11 is 1.36. The lowest BCUT2D eigenvalue weighted by Gasteiger charge is -2.42. The molecule has 0 amide bonds. The summed E-state index contributed by atoms with van der Waals surface area (Å²) in [6, 6.07) is 10.5. The molecule has 1 spiro atoms. The molecule has 2 aromatic rings. The van der Waals surface area contributed by atoms with Crippen LogP contribution in [0.4, 0.5) is 0 Å². The molecule has 1 aromatic carbocycles. The first-order valence-electron chi connectivity index (χ1n) is 9.43. The van der Waals surface area contributed by atoms with Crippen molar-refractivity contribution in [2.24, 2.45) is 0 Å². The molecule has 0 unspecified atom stereocenters. The van der Waals surface area contributed by atoms with Crippen LogP contribution in [-0.2, 0) is 18.4 Å². The van der Waals surface area contributed by atoms with E-state index in [0.717, 1.165) is 36.1 Å². The molecule has 0 bridgehead atoms. The largest absolute Gasteiger partial charge is 0.288 e. The van der Waals surface area contributed by atoms with Crippen molar-refractivity contribution < 1.29 is 0 Å². The van der Waals surface area contributed by atoms with E-state index in [9.17, 15) is 4.79 Å². The zero-order chi connectivity index (χ0) is 18.1. The van der Waals surface area contributed by atoms with Crippen molar-refractivity contribution in [3.05, 3.63) is 45.7 Å². The van der Waals surface area contributed by atoms with Crippen LogP contribution in [0.2, 0.25) is 0 Å². The van der Waals surface area contributed by atoms with Crippen molar-refractivity contribution in [3.8, 4) is 17.3 Å². The number of benzene rings is 1. The average molecular weight is 366 g/mol. The Morgan fingerprint density at radius 2 is 2.04 bits per heavy atom. The SMILES string of the molecule is CCn1c(SCC#N)nc2c(c1=O)C1(CCCCC1)Cc1ccccc1-2. The topological polar surface area (TPSA) is 58.7 Å². The molecule has 0 atom stereocenters. The van der Waals surface area contributed by atoms with Gasteiger partial charge in [-0.3, -0.25) is 9.36 Å². The maximum atomic E-state index is 13.5. The highest BCUT2D eigenvalue weighted by molar-refractivity contribution is 7.99. The monoisotopic (exact) mass is 365 g/mol. The van der Waals surface area contributed by atoms with Gasteiger partial charge in [0.15, 0.2) is 5.16 Å². The summed E-state index contributed by atoms with van der Waals surface area (Å²) in [5.74, 6) is 0.304. The van der Waals surface area contributed by atoms with Crippen molar-refractivity contribution in [2.45, 2.75) is 62.6 Å². The standard InChI is InChI=1S/C21H23N3OS/c1-2-24-19(25)17-18(23-20(24)26-13-12-22)16-9-5-4-8-15(16)14-21(17)10-6-3-7-11-21/h4-5,8-9H,2-3,6-7,10-11,13-14H2,1H3. The van der Waals surface area contributed by atoms with Crippen LogP contribution in [0.1, 0.15) is 50.2 Å². The van der Waals surface area contributed by atoms with Gasteiger partial charge in [0.2, 0.25) is 0 Å². The first-order valence-corrected chi connectivity index (χ1v) is 10.4.